The number of likely N-dealkylation sites (N-methyl/N-ethyl adjacent to an activating group) is 1. The average molecular weight is 223 g/mol. The molecule has 86 valence electrons. The van der Waals surface area contributed by atoms with Crippen molar-refractivity contribution in [2.45, 2.75) is 6.42 Å². The summed E-state index contributed by atoms with van der Waals surface area (Å²) in [5.41, 5.74) is 0. The third-order valence-electron chi connectivity index (χ3n) is 2.58. The molecule has 2 rings (SSSR count). The van der Waals surface area contributed by atoms with Crippen LogP contribution in [0.1, 0.15) is 17.0 Å². The zero-order chi connectivity index (χ0) is 11.5. The number of nitrogens with one attached hydrogen (secondary N) is 1. The maximum atomic E-state index is 11.9. The van der Waals surface area contributed by atoms with Gasteiger partial charge in [0, 0.05) is 20.1 Å². The van der Waals surface area contributed by atoms with E-state index in [0.29, 0.717) is 13.1 Å². The number of carbonyl (C=O) groups excluding carboxylic acids is 2. The van der Waals surface area contributed by atoms with Crippen molar-refractivity contribution in [3.8, 4) is 0 Å². The summed E-state index contributed by atoms with van der Waals surface area (Å²) >= 11 is 0. The molecule has 1 aromatic heterocycles. The third kappa shape index (κ3) is 2.02. The maximum absolute atomic E-state index is 11.9. The van der Waals surface area contributed by atoms with Gasteiger partial charge in [0.2, 0.25) is 11.7 Å². The smallest absolute Gasteiger partial charge is 0.291 e. The molecule has 1 aliphatic heterocycles. The van der Waals surface area contributed by atoms with Crippen LogP contribution in [-0.4, -0.2) is 63.5 Å². The second-order valence-electron chi connectivity index (χ2n) is 3.73. The Morgan fingerprint density at radius 1 is 1.50 bits per heavy atom. The van der Waals surface area contributed by atoms with Crippen LogP contribution >= 0.6 is 0 Å². The van der Waals surface area contributed by atoms with Crippen LogP contribution in [0.15, 0.2) is 6.33 Å². The van der Waals surface area contributed by atoms with Gasteiger partial charge < -0.3 is 9.80 Å². The SMILES string of the molecule is CN1CCCN(C(=O)c2ncn[nH]2)CC1=O. The molecular formula is C9H13N5O2. The van der Waals surface area contributed by atoms with E-state index >= 15 is 0 Å². The second-order valence-corrected chi connectivity index (χ2v) is 3.73. The predicted molar refractivity (Wildman–Crippen MR) is 54.5 cm³/mol. The lowest BCUT2D eigenvalue weighted by atomic mass is 10.3. The molecule has 1 saturated heterocycles. The molecule has 2 amide bonds. The van der Waals surface area contributed by atoms with Crippen LogP contribution in [-0.2, 0) is 4.79 Å². The third-order valence-corrected chi connectivity index (χ3v) is 2.58. The van der Waals surface area contributed by atoms with Crippen molar-refractivity contribution >= 4 is 11.8 Å². The molecule has 1 N–H and O–H groups in total. The van der Waals surface area contributed by atoms with E-state index in [2.05, 4.69) is 15.2 Å². The first-order valence-electron chi connectivity index (χ1n) is 5.07. The minimum atomic E-state index is -0.277. The molecule has 0 saturated carbocycles. The molecule has 1 aliphatic rings. The molecule has 1 aromatic rings. The summed E-state index contributed by atoms with van der Waals surface area (Å²) in [6.45, 7) is 1.35. The van der Waals surface area contributed by atoms with Crippen molar-refractivity contribution < 1.29 is 9.59 Å². The van der Waals surface area contributed by atoms with Crippen LogP contribution in [0.3, 0.4) is 0 Å². The van der Waals surface area contributed by atoms with Crippen molar-refractivity contribution in [2.24, 2.45) is 0 Å². The number of nitrogens with zero attached hydrogens (tertiary/aromatic N) is 4. The molecule has 0 radical (unpaired) electrons. The van der Waals surface area contributed by atoms with E-state index in [1.807, 2.05) is 0 Å². The zero-order valence-electron chi connectivity index (χ0n) is 9.01. The highest BCUT2D eigenvalue weighted by molar-refractivity contribution is 5.93. The molecule has 7 nitrogen and oxygen atoms in total. The maximum Gasteiger partial charge on any atom is 0.291 e. The van der Waals surface area contributed by atoms with Crippen molar-refractivity contribution in [1.29, 1.82) is 0 Å². The van der Waals surface area contributed by atoms with Crippen LogP contribution in [0.5, 0.6) is 0 Å². The van der Waals surface area contributed by atoms with Gasteiger partial charge in [-0.2, -0.15) is 5.10 Å². The Kier molecular flexibility index (Phi) is 2.84. The van der Waals surface area contributed by atoms with Gasteiger partial charge in [-0.05, 0) is 6.42 Å². The fourth-order valence-electron chi connectivity index (χ4n) is 1.62. The highest BCUT2D eigenvalue weighted by atomic mass is 16.2. The minimum absolute atomic E-state index is 0.0506. The zero-order valence-corrected chi connectivity index (χ0v) is 9.01. The Morgan fingerprint density at radius 3 is 3.00 bits per heavy atom. The molecule has 0 bridgehead atoms. The fraction of sp³-hybridized carbons (Fsp3) is 0.556. The van der Waals surface area contributed by atoms with Crippen LogP contribution < -0.4 is 0 Å². The Hall–Kier alpha value is -1.92. The first-order valence-corrected chi connectivity index (χ1v) is 5.07. The van der Waals surface area contributed by atoms with Crippen LogP contribution in [0.2, 0.25) is 0 Å². The molecule has 0 aromatic carbocycles. The predicted octanol–water partition coefficient (Wildman–Crippen LogP) is -0.891. The molecule has 0 aliphatic carbocycles. The molecule has 0 unspecified atom stereocenters. The largest absolute Gasteiger partial charge is 0.344 e. The molecule has 0 atom stereocenters. The second kappa shape index (κ2) is 4.30. The van der Waals surface area contributed by atoms with E-state index in [4.69, 9.17) is 0 Å². The number of aromatic amines is 1. The minimum Gasteiger partial charge on any atom is -0.344 e. The Labute approximate surface area is 92.4 Å². The summed E-state index contributed by atoms with van der Waals surface area (Å²) in [6, 6.07) is 0. The topological polar surface area (TPSA) is 82.2 Å². The van der Waals surface area contributed by atoms with E-state index in [-0.39, 0.29) is 24.2 Å². The highest BCUT2D eigenvalue weighted by Gasteiger charge is 2.24. The summed E-state index contributed by atoms with van der Waals surface area (Å²) < 4.78 is 0. The van der Waals surface area contributed by atoms with E-state index in [1.165, 1.54) is 11.2 Å². The number of aromatic nitrogens is 3. The van der Waals surface area contributed by atoms with Gasteiger partial charge in [-0.3, -0.25) is 14.7 Å². The molecule has 1 fully saturated rings. The van der Waals surface area contributed by atoms with Gasteiger partial charge >= 0.3 is 0 Å². The normalized spacial score (nSPS) is 17.4. The van der Waals surface area contributed by atoms with Gasteiger partial charge in [-0.25, -0.2) is 4.98 Å². The van der Waals surface area contributed by atoms with Crippen molar-refractivity contribution in [3.63, 3.8) is 0 Å². The van der Waals surface area contributed by atoms with Crippen LogP contribution in [0.4, 0.5) is 0 Å². The van der Waals surface area contributed by atoms with Crippen LogP contribution in [0.25, 0.3) is 0 Å². The summed E-state index contributed by atoms with van der Waals surface area (Å²) in [7, 11) is 1.74. The van der Waals surface area contributed by atoms with Gasteiger partial charge in [0.05, 0.1) is 0 Å². The van der Waals surface area contributed by atoms with Gasteiger partial charge in [-0.15, -0.1) is 0 Å². The fourth-order valence-corrected chi connectivity index (χ4v) is 1.62. The van der Waals surface area contributed by atoms with Gasteiger partial charge in [0.25, 0.3) is 5.91 Å². The number of hydrogen-bond donors (Lipinski definition) is 1. The molecule has 7 heteroatoms. The lowest BCUT2D eigenvalue weighted by Crippen LogP contribution is -2.38. The number of rotatable bonds is 1. The quantitative estimate of drug-likeness (QED) is 0.669. The molecule has 16 heavy (non-hydrogen) atoms. The van der Waals surface area contributed by atoms with Gasteiger partial charge in [0.15, 0.2) is 0 Å². The number of amides is 2. The van der Waals surface area contributed by atoms with E-state index in [0.717, 1.165) is 6.42 Å². The van der Waals surface area contributed by atoms with Crippen molar-refractivity contribution in [3.05, 3.63) is 12.2 Å². The Morgan fingerprint density at radius 2 is 2.31 bits per heavy atom. The van der Waals surface area contributed by atoms with Crippen LogP contribution in [0, 0.1) is 0 Å². The van der Waals surface area contributed by atoms with Gasteiger partial charge in [-0.1, -0.05) is 0 Å². The molecule has 0 spiro atoms. The lowest BCUT2D eigenvalue weighted by molar-refractivity contribution is -0.129. The van der Waals surface area contributed by atoms with Gasteiger partial charge in [0.1, 0.15) is 12.9 Å². The molecule has 2 heterocycles. The van der Waals surface area contributed by atoms with E-state index in [9.17, 15) is 9.59 Å². The number of H-pyrrole nitrogens is 1. The number of hydrogen-bond acceptors (Lipinski definition) is 4. The first kappa shape index (κ1) is 10.6. The average Bonchev–Trinajstić information content (AvgIpc) is 2.74. The summed E-state index contributed by atoms with van der Waals surface area (Å²) in [5.74, 6) is -0.149. The Balaban J connectivity index is 2.09. The first-order chi connectivity index (χ1) is 7.68. The summed E-state index contributed by atoms with van der Waals surface area (Å²) in [6.07, 6.45) is 2.06. The van der Waals surface area contributed by atoms with Crippen molar-refractivity contribution in [1.82, 2.24) is 25.0 Å². The van der Waals surface area contributed by atoms with E-state index < -0.39 is 0 Å². The summed E-state index contributed by atoms with van der Waals surface area (Å²) in [4.78, 5) is 30.4. The highest BCUT2D eigenvalue weighted by Crippen LogP contribution is 2.05. The molecular weight excluding hydrogens is 210 g/mol. The standard InChI is InChI=1S/C9H13N5O2/c1-13-3-2-4-14(5-7(13)15)9(16)8-10-6-11-12-8/h6H,2-5H2,1H3,(H,10,11,12). The van der Waals surface area contributed by atoms with Crippen molar-refractivity contribution in [2.75, 3.05) is 26.7 Å². The lowest BCUT2D eigenvalue weighted by Gasteiger charge is -2.18. The number of carbonyl (C=O) groups is 2. The van der Waals surface area contributed by atoms with E-state index in [1.54, 1.807) is 11.9 Å². The Bertz CT molecular complexity index is 389. The summed E-state index contributed by atoms with van der Waals surface area (Å²) in [5, 5.41) is 6.12. The monoisotopic (exact) mass is 223 g/mol.